The van der Waals surface area contributed by atoms with Gasteiger partial charge >= 0.3 is 0 Å². The molecule has 0 N–H and O–H groups in total. The molecule has 4 rings (SSSR count). The second-order valence-corrected chi connectivity index (χ2v) is 8.63. The van der Waals surface area contributed by atoms with Gasteiger partial charge in [0, 0.05) is 5.39 Å². The van der Waals surface area contributed by atoms with E-state index in [2.05, 4.69) is 31.2 Å². The van der Waals surface area contributed by atoms with Crippen LogP contribution in [0.4, 0.5) is 8.78 Å². The van der Waals surface area contributed by atoms with Crippen LogP contribution in [-0.4, -0.2) is 7.11 Å². The number of ether oxygens (including phenoxy) is 1. The van der Waals surface area contributed by atoms with Crippen LogP contribution in [-0.2, 0) is 12.8 Å². The first-order valence-corrected chi connectivity index (χ1v) is 11.1. The number of halogens is 2. The molecule has 1 saturated carbocycles. The summed E-state index contributed by atoms with van der Waals surface area (Å²) < 4.78 is 33.4. The highest BCUT2D eigenvalue weighted by atomic mass is 19.2. The number of aryl methyl sites for hydroxylation is 2. The van der Waals surface area contributed by atoms with Crippen LogP contribution in [0.5, 0.6) is 5.75 Å². The van der Waals surface area contributed by atoms with Crippen LogP contribution in [0.3, 0.4) is 0 Å². The van der Waals surface area contributed by atoms with E-state index in [-0.39, 0.29) is 5.75 Å². The van der Waals surface area contributed by atoms with Crippen molar-refractivity contribution in [1.29, 1.82) is 0 Å². The van der Waals surface area contributed by atoms with Crippen molar-refractivity contribution in [2.24, 2.45) is 5.92 Å². The highest BCUT2D eigenvalue weighted by Gasteiger charge is 2.21. The number of rotatable bonds is 6. The fourth-order valence-corrected chi connectivity index (χ4v) is 4.80. The van der Waals surface area contributed by atoms with Crippen molar-refractivity contribution in [3.8, 4) is 5.75 Å². The lowest BCUT2D eigenvalue weighted by Gasteiger charge is -2.28. The van der Waals surface area contributed by atoms with E-state index in [9.17, 15) is 8.78 Å². The number of hydrogen-bond donors (Lipinski definition) is 0. The first-order valence-electron chi connectivity index (χ1n) is 11.1. The van der Waals surface area contributed by atoms with E-state index in [4.69, 9.17) is 4.74 Å². The average molecular weight is 409 g/mol. The lowest BCUT2D eigenvalue weighted by atomic mass is 9.78. The summed E-state index contributed by atoms with van der Waals surface area (Å²) in [5.41, 5.74) is 3.75. The minimum atomic E-state index is -0.925. The molecule has 3 aromatic carbocycles. The summed E-state index contributed by atoms with van der Waals surface area (Å²) in [4.78, 5) is 0. The molecular formula is C27H30F2O. The van der Waals surface area contributed by atoms with E-state index in [1.165, 1.54) is 50.3 Å². The highest BCUT2D eigenvalue weighted by Crippen LogP contribution is 2.37. The number of fused-ring (bicyclic) bond motifs is 1. The SMILES string of the molecule is CCC1CCC(c2ccc(CCc3ccc4cc(OC)c(F)c(F)c4c3)cc2)CC1. The van der Waals surface area contributed by atoms with Gasteiger partial charge in [-0.05, 0) is 84.6 Å². The van der Waals surface area contributed by atoms with Crippen molar-refractivity contribution in [2.45, 2.75) is 57.8 Å². The Morgan fingerprint density at radius 2 is 1.50 bits per heavy atom. The average Bonchev–Trinajstić information content (AvgIpc) is 2.80. The van der Waals surface area contributed by atoms with Crippen LogP contribution in [0.1, 0.15) is 61.6 Å². The predicted molar refractivity (Wildman–Crippen MR) is 119 cm³/mol. The maximum absolute atomic E-state index is 14.4. The van der Waals surface area contributed by atoms with E-state index >= 15 is 0 Å². The molecule has 30 heavy (non-hydrogen) atoms. The Bertz CT molecular complexity index is 1000. The van der Waals surface area contributed by atoms with Gasteiger partial charge in [0.1, 0.15) is 0 Å². The lowest BCUT2D eigenvalue weighted by Crippen LogP contribution is -2.12. The fourth-order valence-electron chi connectivity index (χ4n) is 4.80. The zero-order valence-electron chi connectivity index (χ0n) is 17.9. The maximum atomic E-state index is 14.4. The predicted octanol–water partition coefficient (Wildman–Crippen LogP) is 7.60. The molecule has 1 fully saturated rings. The number of hydrogen-bond acceptors (Lipinski definition) is 1. The maximum Gasteiger partial charge on any atom is 0.201 e. The van der Waals surface area contributed by atoms with Gasteiger partial charge in [0.2, 0.25) is 5.82 Å². The zero-order chi connectivity index (χ0) is 21.1. The largest absolute Gasteiger partial charge is 0.494 e. The van der Waals surface area contributed by atoms with Crippen molar-refractivity contribution in [2.75, 3.05) is 7.11 Å². The van der Waals surface area contributed by atoms with Crippen molar-refractivity contribution in [1.82, 2.24) is 0 Å². The van der Waals surface area contributed by atoms with Crippen LogP contribution in [0, 0.1) is 17.6 Å². The molecule has 0 aliphatic heterocycles. The van der Waals surface area contributed by atoms with Crippen molar-refractivity contribution < 1.29 is 13.5 Å². The molecular weight excluding hydrogens is 378 g/mol. The summed E-state index contributed by atoms with van der Waals surface area (Å²) >= 11 is 0. The molecule has 158 valence electrons. The van der Waals surface area contributed by atoms with Crippen LogP contribution in [0.25, 0.3) is 10.8 Å². The van der Waals surface area contributed by atoms with Gasteiger partial charge in [-0.1, -0.05) is 49.7 Å². The van der Waals surface area contributed by atoms with Crippen molar-refractivity contribution >= 4 is 10.8 Å². The van der Waals surface area contributed by atoms with Gasteiger partial charge < -0.3 is 4.74 Å². The third-order valence-electron chi connectivity index (χ3n) is 6.85. The lowest BCUT2D eigenvalue weighted by molar-refractivity contribution is 0.319. The minimum absolute atomic E-state index is 0.0592. The Labute approximate surface area is 178 Å². The first kappa shape index (κ1) is 20.8. The number of methoxy groups -OCH3 is 1. The first-order chi connectivity index (χ1) is 14.6. The Kier molecular flexibility index (Phi) is 6.36. The molecule has 0 aromatic heterocycles. The van der Waals surface area contributed by atoms with Gasteiger partial charge in [-0.15, -0.1) is 0 Å². The molecule has 0 radical (unpaired) electrons. The molecule has 3 heteroatoms. The minimum Gasteiger partial charge on any atom is -0.494 e. The second kappa shape index (κ2) is 9.16. The summed E-state index contributed by atoms with van der Waals surface area (Å²) in [5.74, 6) is -0.200. The Hall–Kier alpha value is -2.42. The summed E-state index contributed by atoms with van der Waals surface area (Å²) in [7, 11) is 1.35. The van der Waals surface area contributed by atoms with E-state index in [1.807, 2.05) is 12.1 Å². The molecule has 0 spiro atoms. The van der Waals surface area contributed by atoms with Crippen LogP contribution < -0.4 is 4.74 Å². The highest BCUT2D eigenvalue weighted by molar-refractivity contribution is 5.85. The molecule has 0 bridgehead atoms. The Balaban J connectivity index is 1.42. The summed E-state index contributed by atoms with van der Waals surface area (Å²) in [6.45, 7) is 2.30. The molecule has 3 aromatic rings. The molecule has 0 saturated heterocycles. The van der Waals surface area contributed by atoms with Gasteiger partial charge in [0.25, 0.3) is 0 Å². The van der Waals surface area contributed by atoms with Crippen LogP contribution in [0.2, 0.25) is 0 Å². The van der Waals surface area contributed by atoms with Gasteiger partial charge in [0.15, 0.2) is 11.6 Å². The summed E-state index contributed by atoms with van der Waals surface area (Å²) in [6.07, 6.45) is 8.31. The normalized spacial score (nSPS) is 19.2. The molecule has 1 nitrogen and oxygen atoms in total. The van der Waals surface area contributed by atoms with Gasteiger partial charge in [-0.25, -0.2) is 4.39 Å². The molecule has 0 unspecified atom stereocenters. The smallest absolute Gasteiger partial charge is 0.201 e. The standard InChI is InChI=1S/C27H30F2O/c1-3-18-6-11-21(12-7-18)22-13-8-19(9-14-22)4-5-20-10-15-23-17-25(30-2)27(29)26(28)24(23)16-20/h8-10,13-18,21H,3-7,11-12H2,1-2H3. The Morgan fingerprint density at radius 3 is 2.17 bits per heavy atom. The van der Waals surface area contributed by atoms with Crippen LogP contribution >= 0.6 is 0 Å². The molecule has 0 amide bonds. The van der Waals surface area contributed by atoms with E-state index in [0.717, 1.165) is 24.3 Å². The summed E-state index contributed by atoms with van der Waals surface area (Å²) in [5, 5.41) is 0.959. The molecule has 0 heterocycles. The third kappa shape index (κ3) is 4.35. The van der Waals surface area contributed by atoms with E-state index in [1.54, 1.807) is 12.1 Å². The molecule has 1 aliphatic rings. The quantitative estimate of drug-likeness (QED) is 0.408. The molecule has 1 aliphatic carbocycles. The second-order valence-electron chi connectivity index (χ2n) is 8.63. The van der Waals surface area contributed by atoms with Crippen molar-refractivity contribution in [3.05, 3.63) is 76.9 Å². The van der Waals surface area contributed by atoms with Gasteiger partial charge in [-0.2, -0.15) is 4.39 Å². The number of benzene rings is 3. The van der Waals surface area contributed by atoms with Crippen LogP contribution in [0.15, 0.2) is 48.5 Å². The summed E-state index contributed by atoms with van der Waals surface area (Å²) in [6, 6.07) is 16.2. The monoisotopic (exact) mass is 408 g/mol. The van der Waals surface area contributed by atoms with Gasteiger partial charge in [-0.3, -0.25) is 0 Å². The Morgan fingerprint density at radius 1 is 0.833 bits per heavy atom. The van der Waals surface area contributed by atoms with E-state index in [0.29, 0.717) is 16.7 Å². The van der Waals surface area contributed by atoms with Crippen molar-refractivity contribution in [3.63, 3.8) is 0 Å². The topological polar surface area (TPSA) is 9.23 Å². The van der Waals surface area contributed by atoms with E-state index < -0.39 is 11.6 Å². The van der Waals surface area contributed by atoms with Gasteiger partial charge in [0.05, 0.1) is 7.11 Å². The third-order valence-corrected chi connectivity index (χ3v) is 6.85. The zero-order valence-corrected chi connectivity index (χ0v) is 17.9. The fraction of sp³-hybridized carbons (Fsp3) is 0.407. The molecule has 0 atom stereocenters.